The molecule has 0 unspecified atom stereocenters. The number of hydrogen-bond acceptors (Lipinski definition) is 4. The zero-order valence-electron chi connectivity index (χ0n) is 4.88. The third kappa shape index (κ3) is 2.23. The zero-order chi connectivity index (χ0) is 6.57. The lowest BCUT2D eigenvalue weighted by atomic mass is 10.1. The summed E-state index contributed by atoms with van der Waals surface area (Å²) in [5, 5.41) is 0. The Morgan fingerprint density at radius 2 is 1.12 bits per heavy atom. The van der Waals surface area contributed by atoms with E-state index in [9.17, 15) is 0 Å². The summed E-state index contributed by atoms with van der Waals surface area (Å²) in [5.41, 5.74) is 21.2. The summed E-state index contributed by atoms with van der Waals surface area (Å²) in [4.78, 5) is 0. The molecule has 0 spiro atoms. The van der Waals surface area contributed by atoms with Gasteiger partial charge in [-0.15, -0.1) is 0 Å². The summed E-state index contributed by atoms with van der Waals surface area (Å²) in [6, 6.07) is -0.306. The van der Waals surface area contributed by atoms with E-state index in [0.29, 0.717) is 13.1 Å². The van der Waals surface area contributed by atoms with Gasteiger partial charge in [-0.25, -0.2) is 0 Å². The van der Waals surface area contributed by atoms with Crippen molar-refractivity contribution in [2.24, 2.45) is 22.9 Å². The van der Waals surface area contributed by atoms with Crippen LogP contribution in [-0.4, -0.2) is 25.2 Å². The van der Waals surface area contributed by atoms with Crippen LogP contribution in [0.2, 0.25) is 0 Å². The van der Waals surface area contributed by atoms with Crippen molar-refractivity contribution in [3.05, 3.63) is 0 Å². The molecule has 0 aromatic heterocycles. The van der Waals surface area contributed by atoms with Crippen LogP contribution in [0.3, 0.4) is 0 Å². The van der Waals surface area contributed by atoms with Gasteiger partial charge in [-0.1, -0.05) is 0 Å². The topological polar surface area (TPSA) is 104 Å². The van der Waals surface area contributed by atoms with Gasteiger partial charge in [0.05, 0.1) is 0 Å². The van der Waals surface area contributed by atoms with Crippen LogP contribution in [0.15, 0.2) is 0 Å². The molecule has 8 heavy (non-hydrogen) atoms. The van der Waals surface area contributed by atoms with Gasteiger partial charge >= 0.3 is 0 Å². The maximum Gasteiger partial charge on any atom is 0.0329 e. The van der Waals surface area contributed by atoms with Gasteiger partial charge in [0.25, 0.3) is 0 Å². The highest BCUT2D eigenvalue weighted by molar-refractivity contribution is 4.76. The third-order valence-electron chi connectivity index (χ3n) is 1.09. The molecular formula is C4H14N4. The minimum atomic E-state index is -0.153. The Morgan fingerprint density at radius 3 is 1.25 bits per heavy atom. The van der Waals surface area contributed by atoms with Crippen molar-refractivity contribution in [3.63, 3.8) is 0 Å². The van der Waals surface area contributed by atoms with Crippen LogP contribution >= 0.6 is 0 Å². The fraction of sp³-hybridized carbons (Fsp3) is 1.00. The van der Waals surface area contributed by atoms with E-state index in [1.54, 1.807) is 0 Å². The minimum absolute atomic E-state index is 0.153. The van der Waals surface area contributed by atoms with Crippen LogP contribution in [0, 0.1) is 0 Å². The van der Waals surface area contributed by atoms with E-state index in [4.69, 9.17) is 22.9 Å². The molecule has 0 aliphatic heterocycles. The highest BCUT2D eigenvalue weighted by Gasteiger charge is 2.07. The normalized spacial score (nSPS) is 18.0. The SMILES string of the molecule is NC[C@@H](N)[C@H](N)CN. The molecule has 0 aliphatic rings. The van der Waals surface area contributed by atoms with Crippen molar-refractivity contribution in [2.75, 3.05) is 13.1 Å². The van der Waals surface area contributed by atoms with Crippen LogP contribution < -0.4 is 22.9 Å². The lowest BCUT2D eigenvalue weighted by molar-refractivity contribution is 0.540. The average Bonchev–Trinajstić information content (AvgIpc) is 1.84. The van der Waals surface area contributed by atoms with E-state index in [1.165, 1.54) is 0 Å². The molecule has 50 valence electrons. The second-order valence-corrected chi connectivity index (χ2v) is 1.80. The van der Waals surface area contributed by atoms with E-state index >= 15 is 0 Å². The fourth-order valence-corrected chi connectivity index (χ4v) is 0.350. The van der Waals surface area contributed by atoms with Gasteiger partial charge in [0.1, 0.15) is 0 Å². The van der Waals surface area contributed by atoms with Crippen molar-refractivity contribution < 1.29 is 0 Å². The molecule has 0 bridgehead atoms. The predicted molar refractivity (Wildman–Crippen MR) is 34.1 cm³/mol. The van der Waals surface area contributed by atoms with Crippen molar-refractivity contribution in [1.29, 1.82) is 0 Å². The number of rotatable bonds is 3. The van der Waals surface area contributed by atoms with Crippen LogP contribution in [0.1, 0.15) is 0 Å². The molecule has 0 radical (unpaired) electrons. The Morgan fingerprint density at radius 1 is 0.875 bits per heavy atom. The van der Waals surface area contributed by atoms with Crippen molar-refractivity contribution >= 4 is 0 Å². The summed E-state index contributed by atoms with van der Waals surface area (Å²) in [6.45, 7) is 0.802. The van der Waals surface area contributed by atoms with Gasteiger partial charge in [0, 0.05) is 25.2 Å². The van der Waals surface area contributed by atoms with E-state index in [-0.39, 0.29) is 12.1 Å². The van der Waals surface area contributed by atoms with Gasteiger partial charge in [-0.3, -0.25) is 0 Å². The molecule has 0 heterocycles. The Hall–Kier alpha value is -0.160. The molecule has 4 nitrogen and oxygen atoms in total. The summed E-state index contributed by atoms with van der Waals surface area (Å²) >= 11 is 0. The van der Waals surface area contributed by atoms with Crippen molar-refractivity contribution in [1.82, 2.24) is 0 Å². The Bertz CT molecular complexity index is 48.0. The first-order valence-electron chi connectivity index (χ1n) is 2.63. The maximum atomic E-state index is 5.40. The Labute approximate surface area is 49.2 Å². The van der Waals surface area contributed by atoms with Gasteiger partial charge < -0.3 is 22.9 Å². The lowest BCUT2D eigenvalue weighted by Crippen LogP contribution is -2.50. The highest BCUT2D eigenvalue weighted by Crippen LogP contribution is 1.77. The zero-order valence-corrected chi connectivity index (χ0v) is 4.88. The maximum absolute atomic E-state index is 5.40. The van der Waals surface area contributed by atoms with Crippen LogP contribution in [0.5, 0.6) is 0 Å². The molecule has 0 aromatic rings. The lowest BCUT2D eigenvalue weighted by Gasteiger charge is -2.14. The van der Waals surface area contributed by atoms with Crippen molar-refractivity contribution in [2.45, 2.75) is 12.1 Å². The van der Waals surface area contributed by atoms with Gasteiger partial charge in [0.15, 0.2) is 0 Å². The second-order valence-electron chi connectivity index (χ2n) is 1.80. The van der Waals surface area contributed by atoms with Crippen LogP contribution in [0.4, 0.5) is 0 Å². The fourth-order valence-electron chi connectivity index (χ4n) is 0.350. The summed E-state index contributed by atoms with van der Waals surface area (Å²) in [5.74, 6) is 0. The summed E-state index contributed by atoms with van der Waals surface area (Å²) in [6.07, 6.45) is 0. The van der Waals surface area contributed by atoms with Crippen LogP contribution in [0.25, 0.3) is 0 Å². The van der Waals surface area contributed by atoms with Crippen molar-refractivity contribution in [3.8, 4) is 0 Å². The largest absolute Gasteiger partial charge is 0.329 e. The Kier molecular flexibility index (Phi) is 3.72. The third-order valence-corrected chi connectivity index (χ3v) is 1.09. The molecule has 0 rings (SSSR count). The quantitative estimate of drug-likeness (QED) is 0.330. The van der Waals surface area contributed by atoms with Gasteiger partial charge in [0.2, 0.25) is 0 Å². The molecule has 0 aromatic carbocycles. The first-order valence-corrected chi connectivity index (χ1v) is 2.63. The molecule has 0 saturated heterocycles. The number of hydrogen-bond donors (Lipinski definition) is 4. The summed E-state index contributed by atoms with van der Waals surface area (Å²) < 4.78 is 0. The molecule has 0 fully saturated rings. The first kappa shape index (κ1) is 7.84. The molecule has 4 heteroatoms. The van der Waals surface area contributed by atoms with Gasteiger partial charge in [-0.2, -0.15) is 0 Å². The molecule has 8 N–H and O–H groups in total. The van der Waals surface area contributed by atoms with E-state index in [0.717, 1.165) is 0 Å². The van der Waals surface area contributed by atoms with E-state index < -0.39 is 0 Å². The molecule has 0 saturated carbocycles. The van der Waals surface area contributed by atoms with Gasteiger partial charge in [-0.05, 0) is 0 Å². The average molecular weight is 118 g/mol. The van der Waals surface area contributed by atoms with E-state index in [2.05, 4.69) is 0 Å². The van der Waals surface area contributed by atoms with E-state index in [1.807, 2.05) is 0 Å². The molecule has 2 atom stereocenters. The standard InChI is InChI=1S/C4H14N4/c5-1-3(7)4(8)2-6/h3-4H,1-2,5-8H2/t3-,4-/m1/s1. The highest BCUT2D eigenvalue weighted by atomic mass is 14.8. The molecular weight excluding hydrogens is 104 g/mol. The predicted octanol–water partition coefficient (Wildman–Crippen LogP) is -2.44. The summed E-state index contributed by atoms with van der Waals surface area (Å²) in [7, 11) is 0. The minimum Gasteiger partial charge on any atom is -0.329 e. The Balaban J connectivity index is 3.29. The monoisotopic (exact) mass is 118 g/mol. The second kappa shape index (κ2) is 3.80. The first-order chi connectivity index (χ1) is 3.72. The number of nitrogens with two attached hydrogens (primary N) is 4. The smallest absolute Gasteiger partial charge is 0.0329 e. The molecule has 0 amide bonds. The molecule has 0 aliphatic carbocycles. The van der Waals surface area contributed by atoms with Crippen LogP contribution in [-0.2, 0) is 0 Å².